The Balaban J connectivity index is 2.09. The second-order valence-electron chi connectivity index (χ2n) is 4.57. The van der Waals surface area contributed by atoms with Crippen LogP contribution in [0.25, 0.3) is 5.52 Å². The van der Waals surface area contributed by atoms with Crippen LogP contribution < -0.4 is 5.32 Å². The van der Waals surface area contributed by atoms with Gasteiger partial charge in [0.25, 0.3) is 0 Å². The van der Waals surface area contributed by atoms with Crippen molar-refractivity contribution in [3.8, 4) is 0 Å². The van der Waals surface area contributed by atoms with Crippen molar-refractivity contribution in [1.29, 1.82) is 0 Å². The Kier molecular flexibility index (Phi) is 3.05. The molecule has 5 heteroatoms. The molecule has 0 aliphatic heterocycles. The summed E-state index contributed by atoms with van der Waals surface area (Å²) in [7, 11) is 1.93. The largest absolute Gasteiger partial charge is 0.306 e. The zero-order valence-corrected chi connectivity index (χ0v) is 11.1. The summed E-state index contributed by atoms with van der Waals surface area (Å²) in [5, 5.41) is 12.2. The van der Waals surface area contributed by atoms with Crippen LogP contribution in [0.15, 0.2) is 43.0 Å². The lowest BCUT2D eigenvalue weighted by molar-refractivity contribution is 0.633. The van der Waals surface area contributed by atoms with Gasteiger partial charge in [-0.15, -0.1) is 0 Å². The molecule has 1 atom stereocenters. The van der Waals surface area contributed by atoms with E-state index in [-0.39, 0.29) is 6.04 Å². The first kappa shape index (κ1) is 11.9. The zero-order valence-electron chi connectivity index (χ0n) is 11.1. The fourth-order valence-electron chi connectivity index (χ4n) is 2.38. The van der Waals surface area contributed by atoms with Crippen LogP contribution in [-0.2, 0) is 7.05 Å². The van der Waals surface area contributed by atoms with Gasteiger partial charge in [0.1, 0.15) is 0 Å². The maximum Gasteiger partial charge on any atom is 0.0712 e. The molecule has 98 valence electrons. The Morgan fingerprint density at radius 1 is 1.26 bits per heavy atom. The molecular formula is C14H17N5. The molecule has 0 radical (unpaired) electrons. The summed E-state index contributed by atoms with van der Waals surface area (Å²) in [6.45, 7) is 3.00. The van der Waals surface area contributed by atoms with Crippen LogP contribution in [-0.4, -0.2) is 25.9 Å². The summed E-state index contributed by atoms with van der Waals surface area (Å²) in [6, 6.07) is 6.23. The maximum atomic E-state index is 4.40. The van der Waals surface area contributed by atoms with E-state index >= 15 is 0 Å². The normalized spacial score (nSPS) is 12.9. The molecule has 0 saturated heterocycles. The van der Waals surface area contributed by atoms with Crippen molar-refractivity contribution < 1.29 is 0 Å². The van der Waals surface area contributed by atoms with Crippen LogP contribution in [0.1, 0.15) is 24.1 Å². The van der Waals surface area contributed by atoms with E-state index in [1.807, 2.05) is 53.2 Å². The molecule has 1 unspecified atom stereocenters. The van der Waals surface area contributed by atoms with E-state index in [0.29, 0.717) is 0 Å². The molecule has 3 aromatic heterocycles. The van der Waals surface area contributed by atoms with Crippen molar-refractivity contribution in [2.75, 3.05) is 6.54 Å². The number of pyridine rings is 1. The van der Waals surface area contributed by atoms with Gasteiger partial charge in [0.05, 0.1) is 24.0 Å². The second kappa shape index (κ2) is 4.85. The topological polar surface area (TPSA) is 47.2 Å². The highest BCUT2D eigenvalue weighted by Crippen LogP contribution is 2.25. The number of rotatable bonds is 4. The van der Waals surface area contributed by atoms with Crippen molar-refractivity contribution in [2.24, 2.45) is 7.05 Å². The molecule has 0 spiro atoms. The van der Waals surface area contributed by atoms with Crippen molar-refractivity contribution in [2.45, 2.75) is 13.0 Å². The van der Waals surface area contributed by atoms with Gasteiger partial charge in [0.2, 0.25) is 0 Å². The van der Waals surface area contributed by atoms with Gasteiger partial charge in [-0.2, -0.15) is 10.2 Å². The average Bonchev–Trinajstić information content (AvgIpc) is 3.03. The summed E-state index contributed by atoms with van der Waals surface area (Å²) in [4.78, 5) is 0. The highest BCUT2D eigenvalue weighted by Gasteiger charge is 2.18. The molecule has 5 nitrogen and oxygen atoms in total. The number of aromatic nitrogens is 4. The SMILES string of the molecule is CCNC(c1cnn(C)c1)c1cnn2ccccc12. The van der Waals surface area contributed by atoms with Gasteiger partial charge in [-0.05, 0) is 18.7 Å². The third kappa shape index (κ3) is 2.13. The van der Waals surface area contributed by atoms with Crippen molar-refractivity contribution in [3.63, 3.8) is 0 Å². The minimum absolute atomic E-state index is 0.124. The molecule has 1 N–H and O–H groups in total. The van der Waals surface area contributed by atoms with Crippen molar-refractivity contribution in [1.82, 2.24) is 24.7 Å². The highest BCUT2D eigenvalue weighted by molar-refractivity contribution is 5.56. The first-order valence-corrected chi connectivity index (χ1v) is 6.44. The van der Waals surface area contributed by atoms with Gasteiger partial charge in [-0.1, -0.05) is 13.0 Å². The van der Waals surface area contributed by atoms with Crippen LogP contribution in [0.3, 0.4) is 0 Å². The lowest BCUT2D eigenvalue weighted by atomic mass is 10.0. The van der Waals surface area contributed by atoms with Crippen molar-refractivity contribution >= 4 is 5.52 Å². The van der Waals surface area contributed by atoms with Crippen LogP contribution in [0.2, 0.25) is 0 Å². The number of fused-ring (bicyclic) bond motifs is 1. The third-order valence-electron chi connectivity index (χ3n) is 3.23. The van der Waals surface area contributed by atoms with Gasteiger partial charge in [-0.25, -0.2) is 4.52 Å². The quantitative estimate of drug-likeness (QED) is 0.773. The fraction of sp³-hybridized carbons (Fsp3) is 0.286. The summed E-state index contributed by atoms with van der Waals surface area (Å²) in [5.41, 5.74) is 3.45. The zero-order chi connectivity index (χ0) is 13.2. The summed E-state index contributed by atoms with van der Waals surface area (Å²) < 4.78 is 3.72. The van der Waals surface area contributed by atoms with Crippen LogP contribution in [0, 0.1) is 0 Å². The Morgan fingerprint density at radius 3 is 2.89 bits per heavy atom. The molecular weight excluding hydrogens is 238 g/mol. The Hall–Kier alpha value is -2.14. The Morgan fingerprint density at radius 2 is 2.16 bits per heavy atom. The van der Waals surface area contributed by atoms with Crippen LogP contribution >= 0.6 is 0 Å². The summed E-state index contributed by atoms with van der Waals surface area (Å²) >= 11 is 0. The maximum absolute atomic E-state index is 4.40. The van der Waals surface area contributed by atoms with E-state index in [2.05, 4.69) is 28.5 Å². The fourth-order valence-corrected chi connectivity index (χ4v) is 2.38. The molecule has 0 amide bonds. The molecule has 0 aromatic carbocycles. The molecule has 0 bridgehead atoms. The minimum atomic E-state index is 0.124. The summed E-state index contributed by atoms with van der Waals surface area (Å²) in [6.07, 6.45) is 7.83. The van der Waals surface area contributed by atoms with Gasteiger partial charge >= 0.3 is 0 Å². The van der Waals surface area contributed by atoms with E-state index in [4.69, 9.17) is 0 Å². The third-order valence-corrected chi connectivity index (χ3v) is 3.23. The predicted octanol–water partition coefficient (Wildman–Crippen LogP) is 1.77. The van der Waals surface area contributed by atoms with E-state index < -0.39 is 0 Å². The predicted molar refractivity (Wildman–Crippen MR) is 73.9 cm³/mol. The molecule has 0 fully saturated rings. The molecule has 19 heavy (non-hydrogen) atoms. The monoisotopic (exact) mass is 255 g/mol. The molecule has 0 aliphatic carbocycles. The first-order valence-electron chi connectivity index (χ1n) is 6.44. The Labute approximate surface area is 111 Å². The van der Waals surface area contributed by atoms with Crippen LogP contribution in [0.4, 0.5) is 0 Å². The van der Waals surface area contributed by atoms with Gasteiger partial charge in [0, 0.05) is 30.6 Å². The number of nitrogens with one attached hydrogen (secondary N) is 1. The van der Waals surface area contributed by atoms with E-state index in [9.17, 15) is 0 Å². The van der Waals surface area contributed by atoms with Crippen LogP contribution in [0.5, 0.6) is 0 Å². The average molecular weight is 255 g/mol. The van der Waals surface area contributed by atoms with E-state index in [1.165, 1.54) is 5.56 Å². The van der Waals surface area contributed by atoms with Gasteiger partial charge in [0.15, 0.2) is 0 Å². The Bertz CT molecular complexity index is 682. The van der Waals surface area contributed by atoms with Gasteiger partial charge < -0.3 is 5.32 Å². The number of hydrogen-bond donors (Lipinski definition) is 1. The number of nitrogens with zero attached hydrogens (tertiary/aromatic N) is 4. The van der Waals surface area contributed by atoms with E-state index in [1.54, 1.807) is 0 Å². The highest BCUT2D eigenvalue weighted by atomic mass is 15.2. The number of hydrogen-bond acceptors (Lipinski definition) is 3. The lowest BCUT2D eigenvalue weighted by Gasteiger charge is -2.15. The molecule has 3 aromatic rings. The summed E-state index contributed by atoms with van der Waals surface area (Å²) in [5.74, 6) is 0. The van der Waals surface area contributed by atoms with Gasteiger partial charge in [-0.3, -0.25) is 4.68 Å². The first-order chi connectivity index (χ1) is 9.29. The van der Waals surface area contributed by atoms with E-state index in [0.717, 1.165) is 17.6 Å². The second-order valence-corrected chi connectivity index (χ2v) is 4.57. The minimum Gasteiger partial charge on any atom is -0.306 e. The lowest BCUT2D eigenvalue weighted by Crippen LogP contribution is -2.21. The molecule has 3 rings (SSSR count). The molecule has 3 heterocycles. The number of aryl methyl sites for hydroxylation is 1. The molecule has 0 saturated carbocycles. The standard InChI is InChI=1S/C14H17N5/c1-3-15-14(11-8-16-18(2)10-11)12-9-17-19-7-5-4-6-13(12)19/h4-10,14-15H,3H2,1-2H3. The molecule has 0 aliphatic rings. The van der Waals surface area contributed by atoms with Crippen molar-refractivity contribution in [3.05, 3.63) is 54.1 Å². The smallest absolute Gasteiger partial charge is 0.0712 e.